The minimum absolute atomic E-state index is 0.00500. The summed E-state index contributed by atoms with van der Waals surface area (Å²) in [5.41, 5.74) is 6.12. The summed E-state index contributed by atoms with van der Waals surface area (Å²) >= 11 is 0.985. The fourth-order valence-electron chi connectivity index (χ4n) is 1.34. The monoisotopic (exact) mass is 280 g/mol. The van der Waals surface area contributed by atoms with Gasteiger partial charge in [-0.2, -0.15) is 0 Å². The second kappa shape index (κ2) is 6.12. The van der Waals surface area contributed by atoms with Gasteiger partial charge in [0.2, 0.25) is 0 Å². The summed E-state index contributed by atoms with van der Waals surface area (Å²) in [5.74, 6) is 0.723. The molecule has 0 radical (unpaired) electrons. The van der Waals surface area contributed by atoms with E-state index in [1.54, 1.807) is 24.3 Å². The van der Waals surface area contributed by atoms with Gasteiger partial charge in [0, 0.05) is 12.2 Å². The number of rotatable bonds is 6. The molecule has 1 aromatic heterocycles. The quantitative estimate of drug-likeness (QED) is 0.620. The van der Waals surface area contributed by atoms with Crippen molar-refractivity contribution < 1.29 is 9.66 Å². The van der Waals surface area contributed by atoms with Crippen LogP contribution < -0.4 is 15.8 Å². The van der Waals surface area contributed by atoms with E-state index in [1.165, 1.54) is 6.20 Å². The molecule has 0 saturated heterocycles. The Morgan fingerprint density at radius 1 is 1.42 bits per heavy atom. The molecule has 1 aromatic carbocycles. The molecule has 19 heavy (non-hydrogen) atoms. The highest BCUT2D eigenvalue weighted by atomic mass is 32.1. The zero-order valence-electron chi connectivity index (χ0n) is 9.91. The van der Waals surface area contributed by atoms with E-state index in [0.717, 1.165) is 22.8 Å². The van der Waals surface area contributed by atoms with Crippen molar-refractivity contribution in [3.8, 4) is 5.75 Å². The highest BCUT2D eigenvalue weighted by Gasteiger charge is 2.11. The molecule has 0 fully saturated rings. The van der Waals surface area contributed by atoms with E-state index in [-0.39, 0.29) is 5.00 Å². The van der Waals surface area contributed by atoms with E-state index in [9.17, 15) is 10.1 Å². The lowest BCUT2D eigenvalue weighted by Crippen LogP contribution is -2.10. The molecule has 0 atom stereocenters. The van der Waals surface area contributed by atoms with Crippen LogP contribution in [-0.4, -0.2) is 23.1 Å². The zero-order chi connectivity index (χ0) is 13.7. The van der Waals surface area contributed by atoms with Gasteiger partial charge < -0.3 is 15.8 Å². The normalized spacial score (nSPS) is 10.2. The van der Waals surface area contributed by atoms with Crippen LogP contribution in [0.15, 0.2) is 30.5 Å². The highest BCUT2D eigenvalue weighted by molar-refractivity contribution is 7.18. The number of nitrogens with two attached hydrogens (primary N) is 1. The van der Waals surface area contributed by atoms with E-state index >= 15 is 0 Å². The number of hydrogen-bond acceptors (Lipinski definition) is 7. The summed E-state index contributed by atoms with van der Waals surface area (Å²) in [7, 11) is 0. The van der Waals surface area contributed by atoms with Gasteiger partial charge in [-0.15, -0.1) is 0 Å². The largest absolute Gasteiger partial charge is 0.492 e. The van der Waals surface area contributed by atoms with Crippen LogP contribution in [0.1, 0.15) is 0 Å². The van der Waals surface area contributed by atoms with Crippen molar-refractivity contribution in [1.29, 1.82) is 0 Å². The fraction of sp³-hybridized carbons (Fsp3) is 0.182. The highest BCUT2D eigenvalue weighted by Crippen LogP contribution is 2.28. The minimum atomic E-state index is -0.466. The number of nitrogens with zero attached hydrogens (tertiary/aromatic N) is 2. The summed E-state index contributed by atoms with van der Waals surface area (Å²) in [6.07, 6.45) is 1.23. The minimum Gasteiger partial charge on any atom is -0.492 e. The van der Waals surface area contributed by atoms with Crippen LogP contribution in [0.5, 0.6) is 5.75 Å². The van der Waals surface area contributed by atoms with Crippen molar-refractivity contribution in [2.24, 2.45) is 5.73 Å². The van der Waals surface area contributed by atoms with Gasteiger partial charge in [0.15, 0.2) is 5.13 Å². The first kappa shape index (κ1) is 13.2. The molecule has 0 aliphatic heterocycles. The summed E-state index contributed by atoms with van der Waals surface area (Å²) in [5, 5.41) is 14.0. The SMILES string of the molecule is NCCOc1ccc(Nc2ncc([N+](=O)[O-])s2)cc1. The molecule has 3 N–H and O–H groups in total. The van der Waals surface area contributed by atoms with Crippen LogP contribution in [-0.2, 0) is 0 Å². The van der Waals surface area contributed by atoms with Gasteiger partial charge in [0.25, 0.3) is 0 Å². The van der Waals surface area contributed by atoms with Gasteiger partial charge in [-0.05, 0) is 35.6 Å². The molecule has 2 aromatic rings. The topological polar surface area (TPSA) is 103 Å². The maximum absolute atomic E-state index is 10.5. The lowest BCUT2D eigenvalue weighted by atomic mass is 10.3. The molecule has 0 amide bonds. The number of anilines is 2. The number of thiazole rings is 1. The summed E-state index contributed by atoms with van der Waals surface area (Å²) < 4.78 is 5.34. The average Bonchev–Trinajstić information content (AvgIpc) is 2.87. The van der Waals surface area contributed by atoms with E-state index < -0.39 is 4.92 Å². The second-order valence-electron chi connectivity index (χ2n) is 3.55. The Morgan fingerprint density at radius 2 is 2.16 bits per heavy atom. The first-order chi connectivity index (χ1) is 9.19. The number of aromatic nitrogens is 1. The smallest absolute Gasteiger partial charge is 0.345 e. The molecule has 2 rings (SSSR count). The predicted molar refractivity (Wildman–Crippen MR) is 73.0 cm³/mol. The van der Waals surface area contributed by atoms with Crippen LogP contribution in [0.4, 0.5) is 15.8 Å². The Morgan fingerprint density at radius 3 is 2.74 bits per heavy atom. The van der Waals surface area contributed by atoms with Crippen LogP contribution in [0.2, 0.25) is 0 Å². The van der Waals surface area contributed by atoms with Crippen LogP contribution in [0.25, 0.3) is 0 Å². The first-order valence-electron chi connectivity index (χ1n) is 5.49. The van der Waals surface area contributed by atoms with Crippen molar-refractivity contribution in [2.45, 2.75) is 0 Å². The average molecular weight is 280 g/mol. The van der Waals surface area contributed by atoms with Gasteiger partial charge in [0.1, 0.15) is 18.6 Å². The van der Waals surface area contributed by atoms with E-state index in [1.807, 2.05) is 0 Å². The summed E-state index contributed by atoms with van der Waals surface area (Å²) in [6, 6.07) is 7.19. The third kappa shape index (κ3) is 3.63. The maximum Gasteiger partial charge on any atom is 0.345 e. The molecule has 1 heterocycles. The van der Waals surface area contributed by atoms with Crippen molar-refractivity contribution >= 4 is 27.2 Å². The molecule has 100 valence electrons. The van der Waals surface area contributed by atoms with Crippen LogP contribution in [0, 0.1) is 10.1 Å². The van der Waals surface area contributed by atoms with Crippen molar-refractivity contribution in [3.05, 3.63) is 40.6 Å². The molecule has 0 aliphatic carbocycles. The summed E-state index contributed by atoms with van der Waals surface area (Å²) in [6.45, 7) is 0.925. The third-order valence-electron chi connectivity index (χ3n) is 2.17. The number of ether oxygens (including phenoxy) is 1. The maximum atomic E-state index is 10.5. The predicted octanol–water partition coefficient (Wildman–Crippen LogP) is 2.13. The van der Waals surface area contributed by atoms with Crippen molar-refractivity contribution in [1.82, 2.24) is 4.98 Å². The van der Waals surface area contributed by atoms with Gasteiger partial charge in [0.05, 0.1) is 4.92 Å². The zero-order valence-corrected chi connectivity index (χ0v) is 10.7. The Balaban J connectivity index is 2.00. The van der Waals surface area contributed by atoms with Gasteiger partial charge >= 0.3 is 5.00 Å². The van der Waals surface area contributed by atoms with Gasteiger partial charge in [-0.25, -0.2) is 4.98 Å². The number of nitrogens with one attached hydrogen (secondary N) is 1. The summed E-state index contributed by atoms with van der Waals surface area (Å²) in [4.78, 5) is 14.0. The lowest BCUT2D eigenvalue weighted by Gasteiger charge is -2.06. The van der Waals surface area contributed by atoms with E-state index in [2.05, 4.69) is 10.3 Å². The Hall–Kier alpha value is -2.19. The number of hydrogen-bond donors (Lipinski definition) is 2. The number of benzene rings is 1. The lowest BCUT2D eigenvalue weighted by molar-refractivity contribution is -0.380. The Labute approximate surface area is 113 Å². The Bertz CT molecular complexity index is 555. The molecule has 8 heteroatoms. The molecule has 7 nitrogen and oxygen atoms in total. The van der Waals surface area contributed by atoms with Gasteiger partial charge in [-0.1, -0.05) is 0 Å². The molecular formula is C11H12N4O3S. The third-order valence-corrected chi connectivity index (χ3v) is 3.03. The Kier molecular flexibility index (Phi) is 4.26. The van der Waals surface area contributed by atoms with Crippen molar-refractivity contribution in [2.75, 3.05) is 18.5 Å². The van der Waals surface area contributed by atoms with E-state index in [4.69, 9.17) is 10.5 Å². The molecule has 0 bridgehead atoms. The second-order valence-corrected chi connectivity index (χ2v) is 4.56. The molecule has 0 saturated carbocycles. The standard InChI is InChI=1S/C11H12N4O3S/c12-5-6-18-9-3-1-8(2-4-9)14-11-13-7-10(19-11)15(16)17/h1-4,7H,5-6,12H2,(H,13,14). The first-order valence-corrected chi connectivity index (χ1v) is 6.31. The molecule has 0 aliphatic rings. The van der Waals surface area contributed by atoms with Crippen LogP contribution in [0.3, 0.4) is 0 Å². The molecular weight excluding hydrogens is 268 g/mol. The fourth-order valence-corrected chi connectivity index (χ4v) is 1.99. The van der Waals surface area contributed by atoms with Crippen LogP contribution >= 0.6 is 11.3 Å². The number of nitro groups is 1. The molecule has 0 unspecified atom stereocenters. The van der Waals surface area contributed by atoms with Crippen molar-refractivity contribution in [3.63, 3.8) is 0 Å². The molecule has 0 spiro atoms. The van der Waals surface area contributed by atoms with Gasteiger partial charge in [-0.3, -0.25) is 10.1 Å². The van der Waals surface area contributed by atoms with E-state index in [0.29, 0.717) is 18.3 Å².